The summed E-state index contributed by atoms with van der Waals surface area (Å²) >= 11 is 1.80. The number of aryl methyl sites for hydroxylation is 1. The maximum Gasteiger partial charge on any atom is 0.0984 e. The minimum absolute atomic E-state index is 0.169. The maximum absolute atomic E-state index is 5.53. The first kappa shape index (κ1) is 10.7. The minimum atomic E-state index is 0.169. The van der Waals surface area contributed by atoms with Gasteiger partial charge in [-0.05, 0) is 19.9 Å². The van der Waals surface area contributed by atoms with E-state index in [1.165, 1.54) is 9.88 Å². The van der Waals surface area contributed by atoms with E-state index in [0.29, 0.717) is 6.54 Å². The minimum Gasteiger partial charge on any atom is -0.330 e. The molecule has 1 aromatic rings. The highest BCUT2D eigenvalue weighted by molar-refractivity contribution is 7.11. The van der Waals surface area contributed by atoms with Crippen LogP contribution in [0.4, 0.5) is 0 Å². The molecule has 0 amide bonds. The number of nitrogens with zero attached hydrogens (tertiary/aromatic N) is 1. The molecule has 0 aliphatic rings. The standard InChI is InChI=1S/C10H18N2S/c1-7-8(5-6-11)13-9(12-7)10(2,3)4/h5-6,11H2,1-4H3. The molecule has 0 saturated heterocycles. The van der Waals surface area contributed by atoms with Crippen molar-refractivity contribution in [2.45, 2.75) is 39.5 Å². The molecule has 0 aromatic carbocycles. The van der Waals surface area contributed by atoms with E-state index in [2.05, 4.69) is 32.7 Å². The summed E-state index contributed by atoms with van der Waals surface area (Å²) in [6, 6.07) is 0. The zero-order valence-electron chi connectivity index (χ0n) is 8.85. The number of hydrogen-bond donors (Lipinski definition) is 1. The van der Waals surface area contributed by atoms with E-state index >= 15 is 0 Å². The van der Waals surface area contributed by atoms with Gasteiger partial charge in [0.05, 0.1) is 10.7 Å². The number of hydrogen-bond acceptors (Lipinski definition) is 3. The predicted molar refractivity (Wildman–Crippen MR) is 58.3 cm³/mol. The van der Waals surface area contributed by atoms with Gasteiger partial charge in [0, 0.05) is 10.3 Å². The quantitative estimate of drug-likeness (QED) is 0.791. The van der Waals surface area contributed by atoms with Crippen LogP contribution in [0.25, 0.3) is 0 Å². The topological polar surface area (TPSA) is 38.9 Å². The first-order chi connectivity index (χ1) is 5.95. The van der Waals surface area contributed by atoms with Crippen LogP contribution in [0, 0.1) is 6.92 Å². The summed E-state index contributed by atoms with van der Waals surface area (Å²) in [7, 11) is 0. The highest BCUT2D eigenvalue weighted by Crippen LogP contribution is 2.29. The SMILES string of the molecule is Cc1nc(C(C)(C)C)sc1CCN. The van der Waals surface area contributed by atoms with Crippen LogP contribution in [0.15, 0.2) is 0 Å². The van der Waals surface area contributed by atoms with Gasteiger partial charge in [-0.1, -0.05) is 20.8 Å². The normalized spacial score (nSPS) is 12.1. The summed E-state index contributed by atoms with van der Waals surface area (Å²) in [4.78, 5) is 5.90. The molecule has 3 heteroatoms. The smallest absolute Gasteiger partial charge is 0.0984 e. The Labute approximate surface area is 84.2 Å². The van der Waals surface area contributed by atoms with Crippen LogP contribution in [-0.2, 0) is 11.8 Å². The van der Waals surface area contributed by atoms with E-state index in [4.69, 9.17) is 5.73 Å². The Balaban J connectivity index is 2.95. The Kier molecular flexibility index (Phi) is 3.09. The summed E-state index contributed by atoms with van der Waals surface area (Å²) in [5.41, 5.74) is 6.85. The van der Waals surface area contributed by atoms with Gasteiger partial charge < -0.3 is 5.73 Å². The number of nitrogens with two attached hydrogens (primary N) is 1. The third-order valence-electron chi connectivity index (χ3n) is 1.91. The van der Waals surface area contributed by atoms with Gasteiger partial charge in [-0.15, -0.1) is 11.3 Å². The molecule has 0 radical (unpaired) electrons. The molecule has 0 bridgehead atoms. The molecule has 1 heterocycles. The Morgan fingerprint density at radius 1 is 1.38 bits per heavy atom. The van der Waals surface area contributed by atoms with Crippen LogP contribution in [0.5, 0.6) is 0 Å². The monoisotopic (exact) mass is 198 g/mol. The van der Waals surface area contributed by atoms with Gasteiger partial charge in [0.2, 0.25) is 0 Å². The lowest BCUT2D eigenvalue weighted by atomic mass is 9.98. The number of thiazole rings is 1. The molecule has 13 heavy (non-hydrogen) atoms. The second-order valence-electron chi connectivity index (χ2n) is 4.32. The van der Waals surface area contributed by atoms with Crippen LogP contribution in [0.1, 0.15) is 36.3 Å². The lowest BCUT2D eigenvalue weighted by Gasteiger charge is -2.13. The van der Waals surface area contributed by atoms with E-state index in [0.717, 1.165) is 12.1 Å². The molecule has 2 N–H and O–H groups in total. The maximum atomic E-state index is 5.53. The molecular weight excluding hydrogens is 180 g/mol. The molecule has 0 unspecified atom stereocenters. The van der Waals surface area contributed by atoms with Crippen LogP contribution in [0.3, 0.4) is 0 Å². The Morgan fingerprint density at radius 2 is 2.00 bits per heavy atom. The van der Waals surface area contributed by atoms with Crippen molar-refractivity contribution >= 4 is 11.3 Å². The van der Waals surface area contributed by atoms with Gasteiger partial charge in [0.25, 0.3) is 0 Å². The van der Waals surface area contributed by atoms with E-state index < -0.39 is 0 Å². The van der Waals surface area contributed by atoms with Crippen molar-refractivity contribution in [1.29, 1.82) is 0 Å². The molecule has 2 nitrogen and oxygen atoms in total. The zero-order chi connectivity index (χ0) is 10.1. The number of aromatic nitrogens is 1. The Morgan fingerprint density at radius 3 is 2.38 bits per heavy atom. The van der Waals surface area contributed by atoms with Gasteiger partial charge in [-0.3, -0.25) is 0 Å². The lowest BCUT2D eigenvalue weighted by molar-refractivity contribution is 0.584. The zero-order valence-corrected chi connectivity index (χ0v) is 9.66. The van der Waals surface area contributed by atoms with Gasteiger partial charge in [-0.2, -0.15) is 0 Å². The summed E-state index contributed by atoms with van der Waals surface area (Å²) in [5, 5.41) is 1.22. The molecule has 1 rings (SSSR count). The first-order valence-electron chi connectivity index (χ1n) is 4.62. The molecular formula is C10H18N2S. The first-order valence-corrected chi connectivity index (χ1v) is 5.43. The van der Waals surface area contributed by atoms with Crippen molar-refractivity contribution in [3.8, 4) is 0 Å². The van der Waals surface area contributed by atoms with E-state index in [1.54, 1.807) is 11.3 Å². The van der Waals surface area contributed by atoms with E-state index in [9.17, 15) is 0 Å². The third kappa shape index (κ3) is 2.51. The third-order valence-corrected chi connectivity index (χ3v) is 3.55. The van der Waals surface area contributed by atoms with Crippen molar-refractivity contribution in [3.63, 3.8) is 0 Å². The average Bonchev–Trinajstić information content (AvgIpc) is 2.32. The van der Waals surface area contributed by atoms with Crippen molar-refractivity contribution < 1.29 is 0 Å². The van der Waals surface area contributed by atoms with E-state index in [-0.39, 0.29) is 5.41 Å². The fourth-order valence-electron chi connectivity index (χ4n) is 1.11. The second kappa shape index (κ2) is 3.76. The van der Waals surface area contributed by atoms with Crippen LogP contribution in [0.2, 0.25) is 0 Å². The van der Waals surface area contributed by atoms with Crippen LogP contribution < -0.4 is 5.73 Å². The second-order valence-corrected chi connectivity index (χ2v) is 5.40. The highest BCUT2D eigenvalue weighted by atomic mass is 32.1. The fraction of sp³-hybridized carbons (Fsp3) is 0.700. The average molecular weight is 198 g/mol. The molecule has 0 atom stereocenters. The van der Waals surface area contributed by atoms with Crippen LogP contribution in [-0.4, -0.2) is 11.5 Å². The van der Waals surface area contributed by atoms with Crippen molar-refractivity contribution in [1.82, 2.24) is 4.98 Å². The Bertz CT molecular complexity index is 284. The van der Waals surface area contributed by atoms with Crippen molar-refractivity contribution in [3.05, 3.63) is 15.6 Å². The summed E-state index contributed by atoms with van der Waals surface area (Å²) in [6.07, 6.45) is 0.958. The van der Waals surface area contributed by atoms with Gasteiger partial charge in [0.15, 0.2) is 0 Å². The summed E-state index contributed by atoms with van der Waals surface area (Å²) < 4.78 is 0. The summed E-state index contributed by atoms with van der Waals surface area (Å²) in [6.45, 7) is 9.36. The van der Waals surface area contributed by atoms with Crippen molar-refractivity contribution in [2.24, 2.45) is 5.73 Å². The molecule has 1 aromatic heterocycles. The van der Waals surface area contributed by atoms with E-state index in [1.807, 2.05) is 0 Å². The molecule has 0 saturated carbocycles. The highest BCUT2D eigenvalue weighted by Gasteiger charge is 2.19. The number of rotatable bonds is 2. The summed E-state index contributed by atoms with van der Waals surface area (Å²) in [5.74, 6) is 0. The van der Waals surface area contributed by atoms with Gasteiger partial charge >= 0.3 is 0 Å². The van der Waals surface area contributed by atoms with Crippen molar-refractivity contribution in [2.75, 3.05) is 6.54 Å². The molecule has 0 fully saturated rings. The predicted octanol–water partition coefficient (Wildman–Crippen LogP) is 2.25. The fourth-order valence-corrected chi connectivity index (χ4v) is 2.25. The molecule has 0 spiro atoms. The lowest BCUT2D eigenvalue weighted by Crippen LogP contribution is -2.10. The molecule has 74 valence electrons. The Hall–Kier alpha value is -0.410. The van der Waals surface area contributed by atoms with Gasteiger partial charge in [-0.25, -0.2) is 4.98 Å². The van der Waals surface area contributed by atoms with Crippen LogP contribution >= 0.6 is 11.3 Å². The van der Waals surface area contributed by atoms with Gasteiger partial charge in [0.1, 0.15) is 0 Å². The largest absolute Gasteiger partial charge is 0.330 e. The molecule has 0 aliphatic carbocycles. The molecule has 0 aliphatic heterocycles.